The van der Waals surface area contributed by atoms with Gasteiger partial charge in [0.1, 0.15) is 0 Å². The zero-order valence-electron chi connectivity index (χ0n) is 11.3. The molecular weight excluding hydrogens is 238 g/mol. The van der Waals surface area contributed by atoms with Crippen LogP contribution in [0.1, 0.15) is 24.6 Å². The summed E-state index contributed by atoms with van der Waals surface area (Å²) in [4.78, 5) is 9.54. The van der Waals surface area contributed by atoms with E-state index in [2.05, 4.69) is 46.1 Å². The van der Waals surface area contributed by atoms with E-state index in [9.17, 15) is 0 Å². The first kappa shape index (κ1) is 13.8. The van der Waals surface area contributed by atoms with Gasteiger partial charge in [0, 0.05) is 37.6 Å². The second-order valence-electron chi connectivity index (χ2n) is 4.83. The van der Waals surface area contributed by atoms with Crippen molar-refractivity contribution in [3.8, 4) is 0 Å². The molecule has 0 fully saturated rings. The number of nitrogens with zero attached hydrogens (tertiary/aromatic N) is 2. The van der Waals surface area contributed by atoms with Gasteiger partial charge in [-0.25, -0.2) is 4.98 Å². The number of hydrogen-bond donors (Lipinski definition) is 2. The van der Waals surface area contributed by atoms with Crippen molar-refractivity contribution in [1.29, 1.82) is 0 Å². The normalized spacial score (nSPS) is 12.8. The fourth-order valence-electron chi connectivity index (χ4n) is 2.14. The minimum absolute atomic E-state index is 0.218. The number of aliphatic hydroxyl groups is 1. The van der Waals surface area contributed by atoms with Gasteiger partial charge in [-0.05, 0) is 18.9 Å². The SMILES string of the molecule is C[C@H](CCO)N(Cc1ccccc1)Cc1cnc[nH]1. The van der Waals surface area contributed by atoms with Crippen molar-refractivity contribution in [2.45, 2.75) is 32.5 Å². The topological polar surface area (TPSA) is 52.1 Å². The Bertz CT molecular complexity index is 456. The lowest BCUT2D eigenvalue weighted by atomic mass is 10.1. The van der Waals surface area contributed by atoms with Crippen LogP contribution in [0.3, 0.4) is 0 Å². The van der Waals surface area contributed by atoms with Crippen molar-refractivity contribution >= 4 is 0 Å². The third-order valence-corrected chi connectivity index (χ3v) is 3.33. The Morgan fingerprint density at radius 2 is 2.05 bits per heavy atom. The van der Waals surface area contributed by atoms with Gasteiger partial charge >= 0.3 is 0 Å². The van der Waals surface area contributed by atoms with Crippen LogP contribution in [0, 0.1) is 0 Å². The molecule has 0 unspecified atom stereocenters. The molecule has 1 atom stereocenters. The summed E-state index contributed by atoms with van der Waals surface area (Å²) in [6.45, 7) is 4.06. The maximum atomic E-state index is 9.13. The molecule has 1 aromatic heterocycles. The van der Waals surface area contributed by atoms with E-state index in [0.717, 1.165) is 25.2 Å². The molecule has 19 heavy (non-hydrogen) atoms. The number of nitrogens with one attached hydrogen (secondary N) is 1. The van der Waals surface area contributed by atoms with Crippen LogP contribution >= 0.6 is 0 Å². The van der Waals surface area contributed by atoms with Gasteiger partial charge in [0.25, 0.3) is 0 Å². The summed E-state index contributed by atoms with van der Waals surface area (Å²) in [5.74, 6) is 0. The van der Waals surface area contributed by atoms with E-state index in [1.54, 1.807) is 6.33 Å². The molecule has 0 saturated heterocycles. The molecule has 1 aromatic carbocycles. The standard InChI is InChI=1S/C15H21N3O/c1-13(7-8-19)18(11-15-9-16-12-17-15)10-14-5-3-2-4-6-14/h2-6,9,12-13,19H,7-8,10-11H2,1H3,(H,16,17)/t13-/m1/s1. The summed E-state index contributed by atoms with van der Waals surface area (Å²) in [5, 5.41) is 9.13. The molecule has 0 saturated carbocycles. The summed E-state index contributed by atoms with van der Waals surface area (Å²) in [6.07, 6.45) is 4.33. The molecule has 102 valence electrons. The van der Waals surface area contributed by atoms with E-state index >= 15 is 0 Å². The molecule has 0 spiro atoms. The predicted octanol–water partition coefficient (Wildman–Crippen LogP) is 2.18. The highest BCUT2D eigenvalue weighted by atomic mass is 16.3. The van der Waals surface area contributed by atoms with Crippen LogP contribution in [-0.4, -0.2) is 32.6 Å². The van der Waals surface area contributed by atoms with Crippen molar-refractivity contribution in [1.82, 2.24) is 14.9 Å². The summed E-state index contributed by atoms with van der Waals surface area (Å²) in [7, 11) is 0. The minimum atomic E-state index is 0.218. The Balaban J connectivity index is 2.05. The van der Waals surface area contributed by atoms with Gasteiger partial charge in [-0.15, -0.1) is 0 Å². The minimum Gasteiger partial charge on any atom is -0.396 e. The van der Waals surface area contributed by atoms with Gasteiger partial charge < -0.3 is 10.1 Å². The molecule has 0 amide bonds. The molecule has 0 radical (unpaired) electrons. The zero-order valence-corrected chi connectivity index (χ0v) is 11.3. The zero-order chi connectivity index (χ0) is 13.5. The second-order valence-corrected chi connectivity index (χ2v) is 4.83. The van der Waals surface area contributed by atoms with Crippen LogP contribution in [0.5, 0.6) is 0 Å². The van der Waals surface area contributed by atoms with E-state index in [1.807, 2.05) is 12.3 Å². The molecule has 1 heterocycles. The Morgan fingerprint density at radius 1 is 1.26 bits per heavy atom. The third kappa shape index (κ3) is 4.19. The first-order valence-corrected chi connectivity index (χ1v) is 6.65. The van der Waals surface area contributed by atoms with Crippen LogP contribution in [-0.2, 0) is 13.1 Å². The third-order valence-electron chi connectivity index (χ3n) is 3.33. The maximum Gasteiger partial charge on any atom is 0.0922 e. The molecule has 0 aliphatic rings. The predicted molar refractivity (Wildman–Crippen MR) is 75.4 cm³/mol. The van der Waals surface area contributed by atoms with Crippen molar-refractivity contribution in [3.05, 3.63) is 54.1 Å². The summed E-state index contributed by atoms with van der Waals surface area (Å²) < 4.78 is 0. The average molecular weight is 259 g/mol. The van der Waals surface area contributed by atoms with Gasteiger partial charge in [0.15, 0.2) is 0 Å². The second kappa shape index (κ2) is 7.07. The Morgan fingerprint density at radius 3 is 2.68 bits per heavy atom. The van der Waals surface area contributed by atoms with E-state index in [0.29, 0.717) is 6.04 Å². The first-order valence-electron chi connectivity index (χ1n) is 6.65. The lowest BCUT2D eigenvalue weighted by Gasteiger charge is -2.28. The quantitative estimate of drug-likeness (QED) is 0.801. The fraction of sp³-hybridized carbons (Fsp3) is 0.400. The number of imidazole rings is 1. The molecule has 4 heteroatoms. The fourth-order valence-corrected chi connectivity index (χ4v) is 2.14. The van der Waals surface area contributed by atoms with Gasteiger partial charge in [-0.1, -0.05) is 30.3 Å². The van der Waals surface area contributed by atoms with Crippen LogP contribution in [0.4, 0.5) is 0 Å². The number of rotatable bonds is 7. The number of aromatic nitrogens is 2. The molecule has 0 aliphatic heterocycles. The van der Waals surface area contributed by atoms with Crippen molar-refractivity contribution in [2.75, 3.05) is 6.61 Å². The molecule has 2 aromatic rings. The highest BCUT2D eigenvalue weighted by Gasteiger charge is 2.14. The summed E-state index contributed by atoms with van der Waals surface area (Å²) in [6, 6.07) is 10.7. The number of aromatic amines is 1. The van der Waals surface area contributed by atoms with Crippen molar-refractivity contribution < 1.29 is 5.11 Å². The van der Waals surface area contributed by atoms with Crippen LogP contribution in [0.25, 0.3) is 0 Å². The largest absolute Gasteiger partial charge is 0.396 e. The molecule has 2 rings (SSSR count). The van der Waals surface area contributed by atoms with Crippen LogP contribution < -0.4 is 0 Å². The summed E-state index contributed by atoms with van der Waals surface area (Å²) in [5.41, 5.74) is 2.38. The molecule has 4 nitrogen and oxygen atoms in total. The van der Waals surface area contributed by atoms with Crippen LogP contribution in [0.15, 0.2) is 42.9 Å². The number of H-pyrrole nitrogens is 1. The molecule has 0 aliphatic carbocycles. The van der Waals surface area contributed by atoms with E-state index in [-0.39, 0.29) is 6.61 Å². The molecule has 0 bridgehead atoms. The summed E-state index contributed by atoms with van der Waals surface area (Å²) >= 11 is 0. The van der Waals surface area contributed by atoms with Gasteiger partial charge in [-0.3, -0.25) is 4.90 Å². The number of aliphatic hydroxyl groups excluding tert-OH is 1. The number of hydrogen-bond acceptors (Lipinski definition) is 3. The Kier molecular flexibility index (Phi) is 5.12. The van der Waals surface area contributed by atoms with E-state index < -0.39 is 0 Å². The van der Waals surface area contributed by atoms with Gasteiger partial charge in [0.05, 0.1) is 6.33 Å². The van der Waals surface area contributed by atoms with E-state index in [4.69, 9.17) is 5.11 Å². The first-order chi connectivity index (χ1) is 9.29. The average Bonchev–Trinajstić information content (AvgIpc) is 2.92. The molecule has 2 N–H and O–H groups in total. The Labute approximate surface area is 114 Å². The monoisotopic (exact) mass is 259 g/mol. The van der Waals surface area contributed by atoms with Crippen molar-refractivity contribution in [3.63, 3.8) is 0 Å². The van der Waals surface area contributed by atoms with E-state index in [1.165, 1.54) is 5.56 Å². The maximum absolute atomic E-state index is 9.13. The van der Waals surface area contributed by atoms with Crippen LogP contribution in [0.2, 0.25) is 0 Å². The van der Waals surface area contributed by atoms with Gasteiger partial charge in [-0.2, -0.15) is 0 Å². The lowest BCUT2D eigenvalue weighted by Crippen LogP contribution is -2.33. The lowest BCUT2D eigenvalue weighted by molar-refractivity contribution is 0.152. The highest BCUT2D eigenvalue weighted by Crippen LogP contribution is 2.13. The smallest absolute Gasteiger partial charge is 0.0922 e. The Hall–Kier alpha value is -1.65. The van der Waals surface area contributed by atoms with Gasteiger partial charge in [0.2, 0.25) is 0 Å². The number of benzene rings is 1. The van der Waals surface area contributed by atoms with Crippen molar-refractivity contribution in [2.24, 2.45) is 0 Å². The molecular formula is C15H21N3O. The highest BCUT2D eigenvalue weighted by molar-refractivity contribution is 5.14.